The van der Waals surface area contributed by atoms with Crippen molar-refractivity contribution in [2.45, 2.75) is 12.8 Å². The van der Waals surface area contributed by atoms with Gasteiger partial charge in [-0.05, 0) is 29.3 Å². The van der Waals surface area contributed by atoms with Gasteiger partial charge in [-0.2, -0.15) is 0 Å². The molecule has 0 unspecified atom stereocenters. The summed E-state index contributed by atoms with van der Waals surface area (Å²) >= 11 is 1.62. The van der Waals surface area contributed by atoms with Gasteiger partial charge in [0, 0.05) is 30.6 Å². The van der Waals surface area contributed by atoms with Gasteiger partial charge in [0.15, 0.2) is 0 Å². The summed E-state index contributed by atoms with van der Waals surface area (Å²) < 4.78 is 0. The first-order valence-electron chi connectivity index (χ1n) is 10.1. The fraction of sp³-hybridized carbons (Fsp3) is 0.167. The van der Waals surface area contributed by atoms with Crippen LogP contribution in [-0.4, -0.2) is 40.5 Å². The number of hydrogen-bond acceptors (Lipinski definition) is 6. The van der Waals surface area contributed by atoms with Crippen LogP contribution in [0.3, 0.4) is 0 Å². The van der Waals surface area contributed by atoms with Gasteiger partial charge in [0.05, 0.1) is 11.8 Å². The second kappa shape index (κ2) is 9.57. The van der Waals surface area contributed by atoms with Crippen molar-refractivity contribution in [3.8, 4) is 10.4 Å². The van der Waals surface area contributed by atoms with E-state index in [1.807, 2.05) is 30.1 Å². The molecule has 1 amide bonds. The van der Waals surface area contributed by atoms with Gasteiger partial charge in [0.2, 0.25) is 5.91 Å². The molecule has 4 rings (SSSR count). The van der Waals surface area contributed by atoms with E-state index < -0.39 is 5.97 Å². The smallest absolute Gasteiger partial charge is 0.307 e. The molecule has 2 aromatic heterocycles. The number of hydrogen-bond donors (Lipinski definition) is 2. The van der Waals surface area contributed by atoms with Crippen LogP contribution in [0.1, 0.15) is 12.0 Å². The highest BCUT2D eigenvalue weighted by Crippen LogP contribution is 2.35. The molecule has 8 heteroatoms. The number of carboxylic acid groups (broad SMARTS) is 1. The lowest BCUT2D eigenvalue weighted by atomic mass is 10.1. The van der Waals surface area contributed by atoms with Crippen molar-refractivity contribution in [2.75, 3.05) is 23.8 Å². The Morgan fingerprint density at radius 1 is 1.06 bits per heavy atom. The summed E-state index contributed by atoms with van der Waals surface area (Å²) in [5.74, 6) is -0.215. The molecule has 0 saturated carbocycles. The topological polar surface area (TPSA) is 95.4 Å². The van der Waals surface area contributed by atoms with Gasteiger partial charge < -0.3 is 15.3 Å². The largest absolute Gasteiger partial charge is 0.481 e. The van der Waals surface area contributed by atoms with Crippen LogP contribution in [-0.2, 0) is 16.0 Å². The number of aromatic nitrogens is 2. The minimum Gasteiger partial charge on any atom is -0.481 e. The van der Waals surface area contributed by atoms with Crippen LogP contribution < -0.4 is 10.2 Å². The number of carbonyl (C=O) groups excluding carboxylic acids is 1. The molecule has 0 aliphatic heterocycles. The zero-order valence-electron chi connectivity index (χ0n) is 17.5. The average molecular weight is 447 g/mol. The average Bonchev–Trinajstić information content (AvgIpc) is 3.23. The molecule has 0 aliphatic carbocycles. The molecular formula is C24H22N4O3S. The molecule has 0 aliphatic rings. The summed E-state index contributed by atoms with van der Waals surface area (Å²) in [6.45, 7) is 0.492. The van der Waals surface area contributed by atoms with Crippen molar-refractivity contribution in [3.63, 3.8) is 0 Å². The zero-order chi connectivity index (χ0) is 22.5. The molecule has 0 radical (unpaired) electrons. The van der Waals surface area contributed by atoms with E-state index in [0.29, 0.717) is 17.8 Å². The van der Waals surface area contributed by atoms with Gasteiger partial charge in [0.25, 0.3) is 0 Å². The highest BCUT2D eigenvalue weighted by molar-refractivity contribution is 7.21. The van der Waals surface area contributed by atoms with Crippen LogP contribution in [0.2, 0.25) is 0 Å². The summed E-state index contributed by atoms with van der Waals surface area (Å²) in [6, 6.07) is 19.1. The quantitative estimate of drug-likeness (QED) is 0.415. The number of aliphatic carboxylic acids is 1. The number of benzene rings is 2. The molecule has 0 spiro atoms. The second-order valence-electron chi connectivity index (χ2n) is 7.38. The van der Waals surface area contributed by atoms with E-state index in [9.17, 15) is 9.59 Å². The van der Waals surface area contributed by atoms with Crippen LogP contribution in [0.15, 0.2) is 67.0 Å². The van der Waals surface area contributed by atoms with E-state index in [-0.39, 0.29) is 18.7 Å². The first-order chi connectivity index (χ1) is 15.5. The number of amides is 1. The van der Waals surface area contributed by atoms with Crippen molar-refractivity contribution in [2.24, 2.45) is 0 Å². The summed E-state index contributed by atoms with van der Waals surface area (Å²) in [6.07, 6.45) is 1.80. The van der Waals surface area contributed by atoms with E-state index in [2.05, 4.69) is 33.5 Å². The van der Waals surface area contributed by atoms with Gasteiger partial charge in [0.1, 0.15) is 17.0 Å². The molecule has 162 valence electrons. The number of nitrogens with zero attached hydrogens (tertiary/aromatic N) is 3. The van der Waals surface area contributed by atoms with Crippen LogP contribution in [0.25, 0.3) is 20.7 Å². The van der Waals surface area contributed by atoms with Crippen LogP contribution in [0.5, 0.6) is 0 Å². The fourth-order valence-corrected chi connectivity index (χ4v) is 4.37. The first-order valence-corrected chi connectivity index (χ1v) is 10.9. The van der Waals surface area contributed by atoms with E-state index in [4.69, 9.17) is 5.11 Å². The Balaban J connectivity index is 1.40. The fourth-order valence-electron chi connectivity index (χ4n) is 3.37. The number of rotatable bonds is 8. The Kier molecular flexibility index (Phi) is 6.42. The Hall–Kier alpha value is -3.78. The van der Waals surface area contributed by atoms with Gasteiger partial charge in [-0.3, -0.25) is 9.59 Å². The van der Waals surface area contributed by atoms with E-state index in [0.717, 1.165) is 26.5 Å². The highest BCUT2D eigenvalue weighted by Gasteiger charge is 2.14. The maximum Gasteiger partial charge on any atom is 0.307 e. The normalized spacial score (nSPS) is 10.8. The van der Waals surface area contributed by atoms with Crippen molar-refractivity contribution in [1.29, 1.82) is 0 Å². The molecule has 0 atom stereocenters. The number of carbonyl (C=O) groups is 2. The number of anilines is 2. The Morgan fingerprint density at radius 2 is 1.81 bits per heavy atom. The molecule has 0 fully saturated rings. The zero-order valence-corrected chi connectivity index (χ0v) is 18.3. The second-order valence-corrected chi connectivity index (χ2v) is 8.41. The van der Waals surface area contributed by atoms with Gasteiger partial charge in [-0.15, -0.1) is 11.3 Å². The third-order valence-electron chi connectivity index (χ3n) is 5.00. The van der Waals surface area contributed by atoms with Crippen LogP contribution >= 0.6 is 11.3 Å². The molecule has 0 bridgehead atoms. The van der Waals surface area contributed by atoms with Crippen molar-refractivity contribution in [3.05, 3.63) is 72.6 Å². The minimum absolute atomic E-state index is 0.0407. The molecule has 7 nitrogen and oxygen atoms in total. The van der Waals surface area contributed by atoms with Gasteiger partial charge in [-0.1, -0.05) is 42.5 Å². The third kappa shape index (κ3) is 5.09. The molecule has 2 N–H and O–H groups in total. The van der Waals surface area contributed by atoms with Crippen molar-refractivity contribution < 1.29 is 14.7 Å². The van der Waals surface area contributed by atoms with Gasteiger partial charge >= 0.3 is 5.97 Å². The molecule has 0 saturated heterocycles. The van der Waals surface area contributed by atoms with E-state index in [1.54, 1.807) is 41.9 Å². The molecule has 2 heterocycles. The summed E-state index contributed by atoms with van der Waals surface area (Å²) in [5, 5.41) is 12.7. The molecular weight excluding hydrogens is 424 g/mol. The van der Waals surface area contributed by atoms with E-state index >= 15 is 0 Å². The number of nitrogens with one attached hydrogen (secondary N) is 1. The lowest BCUT2D eigenvalue weighted by Gasteiger charge is -2.18. The SMILES string of the molecule is CN(CCC(=O)Nc1ccc(CC(=O)O)cc1)c1ncnc2sc(-c3ccccc3)cc12. The standard InChI is InChI=1S/C24H22N4O3S/c1-28(12-11-21(29)27-18-9-7-16(8-10-18)13-22(30)31)23-19-14-20(17-5-3-2-4-6-17)32-24(19)26-15-25-23/h2-10,14-15H,11-13H2,1H3,(H,27,29)(H,30,31). The van der Waals surface area contributed by atoms with Crippen molar-refractivity contribution in [1.82, 2.24) is 9.97 Å². The van der Waals surface area contributed by atoms with E-state index in [1.165, 1.54) is 0 Å². The predicted octanol–water partition coefficient (Wildman–Crippen LogP) is 4.45. The Bertz CT molecular complexity index is 1240. The predicted molar refractivity (Wildman–Crippen MR) is 127 cm³/mol. The molecule has 2 aromatic carbocycles. The minimum atomic E-state index is -0.884. The highest BCUT2D eigenvalue weighted by atomic mass is 32.1. The number of fused-ring (bicyclic) bond motifs is 1. The van der Waals surface area contributed by atoms with Gasteiger partial charge in [-0.25, -0.2) is 9.97 Å². The number of thiophene rings is 1. The summed E-state index contributed by atoms with van der Waals surface area (Å²) in [7, 11) is 1.91. The maximum absolute atomic E-state index is 12.4. The Morgan fingerprint density at radius 3 is 2.53 bits per heavy atom. The van der Waals surface area contributed by atoms with Crippen LogP contribution in [0.4, 0.5) is 11.5 Å². The third-order valence-corrected chi connectivity index (χ3v) is 6.09. The maximum atomic E-state index is 12.4. The van der Waals surface area contributed by atoms with Crippen molar-refractivity contribution >= 4 is 44.9 Å². The molecule has 4 aromatic rings. The Labute approximate surface area is 189 Å². The lowest BCUT2D eigenvalue weighted by Crippen LogP contribution is -2.24. The summed E-state index contributed by atoms with van der Waals surface area (Å²) in [5.41, 5.74) is 2.47. The number of carboxylic acids is 1. The first kappa shape index (κ1) is 21.5. The molecule has 32 heavy (non-hydrogen) atoms. The monoisotopic (exact) mass is 446 g/mol. The lowest BCUT2D eigenvalue weighted by molar-refractivity contribution is -0.136. The van der Waals surface area contributed by atoms with Crippen LogP contribution in [0, 0.1) is 0 Å². The summed E-state index contributed by atoms with van der Waals surface area (Å²) in [4.78, 5) is 36.0.